The first kappa shape index (κ1) is 19.3. The van der Waals surface area contributed by atoms with Crippen LogP contribution in [0.2, 0.25) is 0 Å². The number of carbonyl (C=O) groups is 1. The molecule has 1 aliphatic rings. The molecule has 2 N–H and O–H groups in total. The van der Waals surface area contributed by atoms with Crippen LogP contribution in [0.5, 0.6) is 11.5 Å². The Morgan fingerprint density at radius 2 is 1.59 bits per heavy atom. The van der Waals surface area contributed by atoms with Crippen LogP contribution in [0.25, 0.3) is 11.3 Å². The number of ether oxygens (including phenoxy) is 2. The molecule has 1 heterocycles. The third-order valence-corrected chi connectivity index (χ3v) is 5.41. The van der Waals surface area contributed by atoms with E-state index in [2.05, 4.69) is 33.2 Å². The quantitative estimate of drug-likeness (QED) is 0.373. The molecule has 1 amide bonds. The normalized spacial score (nSPS) is 14.1. The highest BCUT2D eigenvalue weighted by Crippen LogP contribution is 2.43. The molecule has 6 heteroatoms. The monoisotopic (exact) mass is 498 g/mol. The van der Waals surface area contributed by atoms with Crippen molar-refractivity contribution in [2.75, 3.05) is 24.9 Å². The molecule has 0 aliphatic carbocycles. The van der Waals surface area contributed by atoms with Crippen molar-refractivity contribution in [3.63, 3.8) is 0 Å². The smallest absolute Gasteiger partial charge is 0.258 e. The Labute approximate surface area is 182 Å². The molecule has 3 aromatic rings. The first-order valence-electron chi connectivity index (χ1n) is 9.00. The van der Waals surface area contributed by atoms with E-state index in [1.54, 1.807) is 20.3 Å². The Kier molecular flexibility index (Phi) is 5.44. The molecule has 0 radical (unpaired) electrons. The van der Waals surface area contributed by atoms with E-state index in [0.717, 1.165) is 26.1 Å². The molecule has 0 aromatic heterocycles. The largest absolute Gasteiger partial charge is 0.493 e. The molecule has 0 bridgehead atoms. The topological polar surface area (TPSA) is 59.6 Å². The molecular weight excluding hydrogens is 479 g/mol. The number of halogens is 1. The van der Waals surface area contributed by atoms with Gasteiger partial charge in [0, 0.05) is 20.9 Å². The van der Waals surface area contributed by atoms with Crippen LogP contribution in [0, 0.1) is 3.57 Å². The molecule has 0 fully saturated rings. The highest BCUT2D eigenvalue weighted by molar-refractivity contribution is 14.1. The van der Waals surface area contributed by atoms with Crippen molar-refractivity contribution in [1.82, 2.24) is 0 Å². The van der Waals surface area contributed by atoms with Gasteiger partial charge < -0.3 is 20.1 Å². The second kappa shape index (κ2) is 8.16. The number of anilines is 2. The lowest BCUT2D eigenvalue weighted by atomic mass is 9.99. The highest BCUT2D eigenvalue weighted by Gasteiger charge is 2.30. The van der Waals surface area contributed by atoms with E-state index in [1.165, 1.54) is 0 Å². The lowest BCUT2D eigenvalue weighted by Crippen LogP contribution is -2.10. The SMILES string of the molecule is COc1cc2c(cc1OC)C(=C(Nc1ccc(I)cc1)c1ccccc1)C(=O)N2. The fourth-order valence-electron chi connectivity index (χ4n) is 3.31. The third-order valence-electron chi connectivity index (χ3n) is 4.69. The number of fused-ring (bicyclic) bond motifs is 1. The number of rotatable bonds is 5. The zero-order valence-electron chi connectivity index (χ0n) is 16.0. The Hall–Kier alpha value is -3.00. The predicted octanol–water partition coefficient (Wildman–Crippen LogP) is 5.24. The van der Waals surface area contributed by atoms with Crippen molar-refractivity contribution in [3.05, 3.63) is 81.4 Å². The molecule has 0 spiro atoms. The molecule has 3 aromatic carbocycles. The van der Waals surface area contributed by atoms with Gasteiger partial charge in [-0.2, -0.15) is 0 Å². The van der Waals surface area contributed by atoms with Crippen molar-refractivity contribution in [3.8, 4) is 11.5 Å². The van der Waals surface area contributed by atoms with Gasteiger partial charge in [0.15, 0.2) is 11.5 Å². The van der Waals surface area contributed by atoms with Gasteiger partial charge in [0.05, 0.1) is 31.2 Å². The number of benzene rings is 3. The van der Waals surface area contributed by atoms with E-state index in [4.69, 9.17) is 9.47 Å². The van der Waals surface area contributed by atoms with Gasteiger partial charge in [-0.05, 0) is 58.5 Å². The van der Waals surface area contributed by atoms with E-state index in [-0.39, 0.29) is 5.91 Å². The van der Waals surface area contributed by atoms with Crippen LogP contribution < -0.4 is 20.1 Å². The summed E-state index contributed by atoms with van der Waals surface area (Å²) in [5, 5.41) is 6.39. The molecule has 1 aliphatic heterocycles. The van der Waals surface area contributed by atoms with Crippen molar-refractivity contribution < 1.29 is 14.3 Å². The van der Waals surface area contributed by atoms with Crippen molar-refractivity contribution >= 4 is 51.1 Å². The van der Waals surface area contributed by atoms with Crippen molar-refractivity contribution in [1.29, 1.82) is 0 Å². The first-order chi connectivity index (χ1) is 14.1. The lowest BCUT2D eigenvalue weighted by Gasteiger charge is -2.15. The molecule has 0 unspecified atom stereocenters. The minimum absolute atomic E-state index is 0.174. The number of hydrogen-bond acceptors (Lipinski definition) is 4. The molecule has 5 nitrogen and oxygen atoms in total. The van der Waals surface area contributed by atoms with E-state index in [0.29, 0.717) is 22.8 Å². The fraction of sp³-hybridized carbons (Fsp3) is 0.0870. The summed E-state index contributed by atoms with van der Waals surface area (Å²) >= 11 is 2.27. The van der Waals surface area contributed by atoms with Crippen molar-refractivity contribution in [2.24, 2.45) is 0 Å². The van der Waals surface area contributed by atoms with E-state index in [1.807, 2.05) is 60.7 Å². The third kappa shape index (κ3) is 3.80. The second-order valence-corrected chi connectivity index (χ2v) is 7.70. The zero-order valence-corrected chi connectivity index (χ0v) is 18.1. The van der Waals surface area contributed by atoms with Crippen molar-refractivity contribution in [2.45, 2.75) is 0 Å². The number of amides is 1. The summed E-state index contributed by atoms with van der Waals surface area (Å²) in [6.07, 6.45) is 0. The van der Waals surface area contributed by atoms with Gasteiger partial charge in [0.2, 0.25) is 0 Å². The number of hydrogen-bond donors (Lipinski definition) is 2. The van der Waals surface area contributed by atoms with E-state index in [9.17, 15) is 4.79 Å². The zero-order chi connectivity index (χ0) is 20.4. The Morgan fingerprint density at radius 1 is 0.931 bits per heavy atom. The summed E-state index contributed by atoms with van der Waals surface area (Å²) in [5.41, 5.74) is 4.57. The molecule has 0 saturated carbocycles. The fourth-order valence-corrected chi connectivity index (χ4v) is 3.67. The summed E-state index contributed by atoms with van der Waals surface area (Å²) in [6, 6.07) is 21.5. The van der Waals surface area contributed by atoms with Crippen LogP contribution in [-0.2, 0) is 4.79 Å². The summed E-state index contributed by atoms with van der Waals surface area (Å²) in [6.45, 7) is 0. The van der Waals surface area contributed by atoms with Gasteiger partial charge in [0.25, 0.3) is 5.91 Å². The van der Waals surface area contributed by atoms with Gasteiger partial charge in [-0.15, -0.1) is 0 Å². The predicted molar refractivity (Wildman–Crippen MR) is 124 cm³/mol. The Balaban J connectivity index is 1.91. The first-order valence-corrected chi connectivity index (χ1v) is 10.1. The maximum Gasteiger partial charge on any atom is 0.258 e. The average Bonchev–Trinajstić information content (AvgIpc) is 3.07. The van der Waals surface area contributed by atoms with Crippen LogP contribution in [0.1, 0.15) is 11.1 Å². The summed E-state index contributed by atoms with van der Waals surface area (Å²) in [4.78, 5) is 13.0. The average molecular weight is 498 g/mol. The minimum atomic E-state index is -0.174. The van der Waals surface area contributed by atoms with E-state index >= 15 is 0 Å². The lowest BCUT2D eigenvalue weighted by molar-refractivity contribution is -0.110. The van der Waals surface area contributed by atoms with Gasteiger partial charge in [-0.1, -0.05) is 30.3 Å². The summed E-state index contributed by atoms with van der Waals surface area (Å²) in [7, 11) is 3.16. The Bertz CT molecular complexity index is 1090. The second-order valence-electron chi connectivity index (χ2n) is 6.45. The molecule has 146 valence electrons. The highest BCUT2D eigenvalue weighted by atomic mass is 127. The van der Waals surface area contributed by atoms with Gasteiger partial charge in [0.1, 0.15) is 0 Å². The standard InChI is InChI=1S/C23H19IN2O3/c1-28-19-12-17-18(13-20(19)29-2)26-23(27)21(17)22(14-6-4-3-5-7-14)25-16-10-8-15(24)9-11-16/h3-13,25H,1-2H3,(H,26,27). The number of methoxy groups -OCH3 is 2. The summed E-state index contributed by atoms with van der Waals surface area (Å²) in [5.74, 6) is 0.966. The Morgan fingerprint density at radius 3 is 2.24 bits per heavy atom. The van der Waals surface area contributed by atoms with Gasteiger partial charge in [-0.3, -0.25) is 4.79 Å². The van der Waals surface area contributed by atoms with Crippen LogP contribution in [0.15, 0.2) is 66.7 Å². The number of carbonyl (C=O) groups excluding carboxylic acids is 1. The minimum Gasteiger partial charge on any atom is -0.493 e. The molecule has 0 saturated heterocycles. The number of nitrogens with one attached hydrogen (secondary N) is 2. The van der Waals surface area contributed by atoms with Crippen LogP contribution in [0.3, 0.4) is 0 Å². The van der Waals surface area contributed by atoms with Gasteiger partial charge in [-0.25, -0.2) is 0 Å². The molecular formula is C23H19IN2O3. The van der Waals surface area contributed by atoms with Gasteiger partial charge >= 0.3 is 0 Å². The van der Waals surface area contributed by atoms with Crippen LogP contribution in [0.4, 0.5) is 11.4 Å². The molecule has 4 rings (SSSR count). The maximum atomic E-state index is 13.0. The maximum absolute atomic E-state index is 13.0. The van der Waals surface area contributed by atoms with Crippen LogP contribution >= 0.6 is 22.6 Å². The molecule has 29 heavy (non-hydrogen) atoms. The van der Waals surface area contributed by atoms with E-state index < -0.39 is 0 Å². The molecule has 0 atom stereocenters. The van der Waals surface area contributed by atoms with Crippen LogP contribution in [-0.4, -0.2) is 20.1 Å². The summed E-state index contributed by atoms with van der Waals surface area (Å²) < 4.78 is 12.0.